The van der Waals surface area contributed by atoms with Gasteiger partial charge in [-0.1, -0.05) is 12.1 Å². The van der Waals surface area contributed by atoms with Gasteiger partial charge in [0.15, 0.2) is 5.11 Å². The van der Waals surface area contributed by atoms with Crippen molar-refractivity contribution in [2.75, 3.05) is 35.4 Å². The lowest BCUT2D eigenvalue weighted by atomic mass is 10.1. The number of nitrogens with zero attached hydrogens (tertiary/aromatic N) is 3. The number of amides is 3. The smallest absolute Gasteiger partial charge is 0.256 e. The summed E-state index contributed by atoms with van der Waals surface area (Å²) in [6.07, 6.45) is 1.33. The van der Waals surface area contributed by atoms with Crippen LogP contribution >= 0.6 is 12.2 Å². The van der Waals surface area contributed by atoms with Gasteiger partial charge < -0.3 is 24.6 Å². The summed E-state index contributed by atoms with van der Waals surface area (Å²) in [5, 5.41) is 3.20. The molecule has 0 unspecified atom stereocenters. The van der Waals surface area contributed by atoms with Crippen molar-refractivity contribution >= 4 is 52.1 Å². The fraction of sp³-hybridized carbons (Fsp3) is 0.290. The van der Waals surface area contributed by atoms with Gasteiger partial charge in [0.25, 0.3) is 5.91 Å². The highest BCUT2D eigenvalue weighted by Crippen LogP contribution is 2.31. The minimum absolute atomic E-state index is 0.0841. The topological polar surface area (TPSA) is 91.4 Å². The van der Waals surface area contributed by atoms with Gasteiger partial charge in [0, 0.05) is 30.9 Å². The van der Waals surface area contributed by atoms with E-state index in [4.69, 9.17) is 21.7 Å². The molecule has 3 aromatic carbocycles. The summed E-state index contributed by atoms with van der Waals surface area (Å²) in [5.41, 5.74) is 2.96. The molecular formula is C31H32N4O5S. The van der Waals surface area contributed by atoms with Crippen LogP contribution in [0.1, 0.15) is 31.7 Å². The predicted octanol–water partition coefficient (Wildman–Crippen LogP) is 4.75. The lowest BCUT2D eigenvalue weighted by molar-refractivity contribution is -0.124. The molecule has 2 heterocycles. The second kappa shape index (κ2) is 12.4. The molecule has 0 spiro atoms. The summed E-state index contributed by atoms with van der Waals surface area (Å²) in [7, 11) is 1.58. The quantitative estimate of drug-likeness (QED) is 0.351. The summed E-state index contributed by atoms with van der Waals surface area (Å²) in [6.45, 7) is 3.50. The van der Waals surface area contributed by atoms with E-state index in [1.165, 1.54) is 4.90 Å². The summed E-state index contributed by atoms with van der Waals surface area (Å²) in [4.78, 5) is 44.1. The Kier molecular flexibility index (Phi) is 8.49. The van der Waals surface area contributed by atoms with Crippen molar-refractivity contribution < 1.29 is 23.9 Å². The highest BCUT2D eigenvalue weighted by atomic mass is 32.1. The van der Waals surface area contributed by atoms with Gasteiger partial charge in [0.1, 0.15) is 17.5 Å². The van der Waals surface area contributed by atoms with Gasteiger partial charge in [-0.2, -0.15) is 0 Å². The Morgan fingerprint density at radius 2 is 1.61 bits per heavy atom. The zero-order valence-corrected chi connectivity index (χ0v) is 23.9. The first-order valence-corrected chi connectivity index (χ1v) is 14.0. The number of methoxy groups -OCH3 is 1. The first kappa shape index (κ1) is 28.1. The first-order chi connectivity index (χ1) is 19.9. The monoisotopic (exact) mass is 572 g/mol. The lowest BCUT2D eigenvalue weighted by Gasteiger charge is -2.24. The zero-order chi connectivity index (χ0) is 28.9. The van der Waals surface area contributed by atoms with Crippen LogP contribution in [0.3, 0.4) is 0 Å². The molecule has 0 bridgehead atoms. The number of nitrogens with one attached hydrogen (secondary N) is 1. The summed E-state index contributed by atoms with van der Waals surface area (Å²) >= 11 is 5.81. The molecule has 3 aromatic rings. The van der Waals surface area contributed by atoms with Gasteiger partial charge in [0.2, 0.25) is 11.8 Å². The minimum Gasteiger partial charge on any atom is -0.497 e. The molecule has 0 aliphatic carbocycles. The van der Waals surface area contributed by atoms with Crippen LogP contribution in [0.25, 0.3) is 0 Å². The fourth-order valence-electron chi connectivity index (χ4n) is 5.07. The largest absolute Gasteiger partial charge is 0.497 e. The zero-order valence-electron chi connectivity index (χ0n) is 23.0. The van der Waals surface area contributed by atoms with Gasteiger partial charge in [0.05, 0.1) is 25.8 Å². The van der Waals surface area contributed by atoms with Crippen LogP contribution in [0.2, 0.25) is 0 Å². The van der Waals surface area contributed by atoms with Crippen molar-refractivity contribution in [3.8, 4) is 11.5 Å². The van der Waals surface area contributed by atoms with Gasteiger partial charge in [-0.3, -0.25) is 19.3 Å². The molecule has 41 heavy (non-hydrogen) atoms. The van der Waals surface area contributed by atoms with Crippen molar-refractivity contribution in [1.29, 1.82) is 0 Å². The van der Waals surface area contributed by atoms with Crippen molar-refractivity contribution in [3.63, 3.8) is 0 Å². The molecular weight excluding hydrogens is 540 g/mol. The van der Waals surface area contributed by atoms with Gasteiger partial charge >= 0.3 is 0 Å². The third kappa shape index (κ3) is 6.17. The molecule has 0 radical (unpaired) electrons. The molecule has 1 N–H and O–H groups in total. The van der Waals surface area contributed by atoms with E-state index in [1.54, 1.807) is 65.4 Å². The Balaban J connectivity index is 1.36. The molecule has 2 aliphatic rings. The third-order valence-electron chi connectivity index (χ3n) is 7.15. The van der Waals surface area contributed by atoms with Gasteiger partial charge in [-0.05, 0) is 91.8 Å². The Morgan fingerprint density at radius 1 is 0.951 bits per heavy atom. The van der Waals surface area contributed by atoms with E-state index in [-0.39, 0.29) is 24.1 Å². The second-order valence-electron chi connectivity index (χ2n) is 9.82. The number of hydrogen-bond acceptors (Lipinski definition) is 6. The SMILES string of the molecule is CCOc1ccc(NC(=O)C[C@@H]2C(=O)N(c3ccc(OC)cc3)C(=S)N2Cc2ccc(N3CCCC3=O)cc2)cc1. The van der Waals surface area contributed by atoms with Crippen LogP contribution in [0.15, 0.2) is 72.8 Å². The van der Waals surface area contributed by atoms with Crippen molar-refractivity contribution in [1.82, 2.24) is 4.90 Å². The van der Waals surface area contributed by atoms with Crippen LogP contribution in [-0.2, 0) is 20.9 Å². The molecule has 3 amide bonds. The molecule has 2 aliphatic heterocycles. The first-order valence-electron chi connectivity index (χ1n) is 13.6. The van der Waals surface area contributed by atoms with Crippen LogP contribution in [0.5, 0.6) is 11.5 Å². The summed E-state index contributed by atoms with van der Waals surface area (Å²) < 4.78 is 10.7. The molecule has 1 atom stereocenters. The number of carbonyl (C=O) groups is 3. The van der Waals surface area contributed by atoms with E-state index < -0.39 is 6.04 Å². The van der Waals surface area contributed by atoms with E-state index in [0.29, 0.717) is 54.1 Å². The molecule has 212 valence electrons. The third-order valence-corrected chi connectivity index (χ3v) is 7.57. The maximum absolute atomic E-state index is 13.8. The van der Waals surface area contributed by atoms with Crippen LogP contribution in [-0.4, -0.2) is 54.0 Å². The Morgan fingerprint density at radius 3 is 2.22 bits per heavy atom. The van der Waals surface area contributed by atoms with E-state index >= 15 is 0 Å². The van der Waals surface area contributed by atoms with Crippen LogP contribution in [0.4, 0.5) is 17.1 Å². The Hall–Kier alpha value is -4.44. The molecule has 2 saturated heterocycles. The highest BCUT2D eigenvalue weighted by Gasteiger charge is 2.44. The number of thiocarbonyl (C=S) groups is 1. The van der Waals surface area contributed by atoms with Crippen molar-refractivity contribution in [3.05, 3.63) is 78.4 Å². The number of benzene rings is 3. The summed E-state index contributed by atoms with van der Waals surface area (Å²) in [6, 6.07) is 21.0. The van der Waals surface area contributed by atoms with E-state index in [2.05, 4.69) is 5.32 Å². The molecule has 5 rings (SSSR count). The predicted molar refractivity (Wildman–Crippen MR) is 161 cm³/mol. The minimum atomic E-state index is -0.799. The number of rotatable bonds is 10. The van der Waals surface area contributed by atoms with E-state index in [9.17, 15) is 14.4 Å². The highest BCUT2D eigenvalue weighted by molar-refractivity contribution is 7.80. The molecule has 0 saturated carbocycles. The van der Waals surface area contributed by atoms with E-state index in [0.717, 1.165) is 17.7 Å². The number of hydrogen-bond donors (Lipinski definition) is 1. The van der Waals surface area contributed by atoms with Crippen molar-refractivity contribution in [2.45, 2.75) is 38.8 Å². The Labute approximate surface area is 244 Å². The maximum Gasteiger partial charge on any atom is 0.256 e. The number of ether oxygens (including phenoxy) is 2. The average Bonchev–Trinajstić information content (AvgIpc) is 3.51. The fourth-order valence-corrected chi connectivity index (χ4v) is 5.46. The maximum atomic E-state index is 13.8. The Bertz CT molecular complexity index is 1430. The standard InChI is InChI=1S/C31H32N4O5S/c1-3-40-26-14-8-22(9-15-26)32-28(36)19-27-30(38)35(24-12-16-25(39-2)17-13-24)31(41)34(27)20-21-6-10-23(11-7-21)33-18-4-5-29(33)37/h6-17,27H,3-5,18-20H2,1-2H3,(H,32,36)/t27-/m1/s1. The average molecular weight is 573 g/mol. The molecule has 0 aromatic heterocycles. The summed E-state index contributed by atoms with van der Waals surface area (Å²) in [5.74, 6) is 0.910. The van der Waals surface area contributed by atoms with Crippen LogP contribution in [0, 0.1) is 0 Å². The van der Waals surface area contributed by atoms with Crippen molar-refractivity contribution in [2.24, 2.45) is 0 Å². The molecule has 9 nitrogen and oxygen atoms in total. The normalized spacial score (nSPS) is 16.9. The van der Waals surface area contributed by atoms with Gasteiger partial charge in [-0.15, -0.1) is 0 Å². The second-order valence-corrected chi connectivity index (χ2v) is 10.2. The molecule has 10 heteroatoms. The number of anilines is 3. The number of carbonyl (C=O) groups excluding carboxylic acids is 3. The molecule has 2 fully saturated rings. The van der Waals surface area contributed by atoms with Gasteiger partial charge in [-0.25, -0.2) is 0 Å². The van der Waals surface area contributed by atoms with Crippen LogP contribution < -0.4 is 24.6 Å². The van der Waals surface area contributed by atoms with E-state index in [1.807, 2.05) is 31.2 Å². The lowest BCUT2D eigenvalue weighted by Crippen LogP contribution is -2.37.